The first kappa shape index (κ1) is 7.79. The molecular formula is C9H8N2O2. The molecule has 4 heteroatoms. The van der Waals surface area contributed by atoms with Crippen LogP contribution in [0.1, 0.15) is 5.56 Å². The molecule has 4 nitrogen and oxygen atoms in total. The van der Waals surface area contributed by atoms with Crippen LogP contribution in [-0.2, 0) is 0 Å². The van der Waals surface area contributed by atoms with Gasteiger partial charge in [0, 0.05) is 0 Å². The molecule has 0 unspecified atom stereocenters. The maximum absolute atomic E-state index is 11.2. The lowest BCUT2D eigenvalue weighted by Gasteiger charge is -1.96. The van der Waals surface area contributed by atoms with Crippen molar-refractivity contribution in [3.8, 4) is 0 Å². The summed E-state index contributed by atoms with van der Waals surface area (Å²) in [6.07, 6.45) is 0. The van der Waals surface area contributed by atoms with Crippen LogP contribution in [0.5, 0.6) is 0 Å². The molecule has 0 spiro atoms. The number of hydrogen-bond donors (Lipinski definition) is 2. The van der Waals surface area contributed by atoms with Crippen molar-refractivity contribution in [3.05, 3.63) is 39.9 Å². The highest BCUT2D eigenvalue weighted by Crippen LogP contribution is 2.07. The second-order valence-electron chi connectivity index (χ2n) is 2.89. The predicted octanol–water partition coefficient (Wildman–Crippen LogP) is 0.909. The lowest BCUT2D eigenvalue weighted by Crippen LogP contribution is -2.14. The molecule has 0 saturated carbocycles. The zero-order valence-electron chi connectivity index (χ0n) is 7.05. The van der Waals surface area contributed by atoms with Crippen molar-refractivity contribution in [2.45, 2.75) is 6.92 Å². The molecule has 0 aliphatic carbocycles. The van der Waals surface area contributed by atoms with Gasteiger partial charge in [0.15, 0.2) is 0 Å². The third kappa shape index (κ3) is 1.26. The van der Waals surface area contributed by atoms with Gasteiger partial charge in [0.1, 0.15) is 0 Å². The van der Waals surface area contributed by atoms with Crippen LogP contribution in [-0.4, -0.2) is 4.98 Å². The van der Waals surface area contributed by atoms with Crippen LogP contribution in [0.3, 0.4) is 0 Å². The highest BCUT2D eigenvalue weighted by molar-refractivity contribution is 5.77. The Morgan fingerprint density at radius 3 is 3.00 bits per heavy atom. The molecular weight excluding hydrogens is 168 g/mol. The molecule has 66 valence electrons. The monoisotopic (exact) mass is 176 g/mol. The minimum atomic E-state index is -0.470. The van der Waals surface area contributed by atoms with E-state index in [1.807, 2.05) is 13.0 Å². The molecule has 2 N–H and O–H groups in total. The number of benzene rings is 1. The van der Waals surface area contributed by atoms with E-state index in [4.69, 9.17) is 5.41 Å². The number of rotatable bonds is 0. The van der Waals surface area contributed by atoms with E-state index in [0.29, 0.717) is 10.9 Å². The second-order valence-corrected chi connectivity index (χ2v) is 2.89. The van der Waals surface area contributed by atoms with E-state index in [1.54, 1.807) is 12.1 Å². The highest BCUT2D eigenvalue weighted by atomic mass is 16.4. The van der Waals surface area contributed by atoms with Crippen LogP contribution >= 0.6 is 0 Å². The summed E-state index contributed by atoms with van der Waals surface area (Å²) < 4.78 is 4.60. The van der Waals surface area contributed by atoms with E-state index in [2.05, 4.69) is 9.40 Å². The standard InChI is InChI=1S/C9H8N2O2/c1-5-2-3-7-6(4-5)8(12)13-9(10)11-7/h2-4H,1H3,(H2,10,11). The van der Waals surface area contributed by atoms with Gasteiger partial charge in [-0.25, -0.2) is 4.79 Å². The van der Waals surface area contributed by atoms with Gasteiger partial charge in [0.2, 0.25) is 0 Å². The summed E-state index contributed by atoms with van der Waals surface area (Å²) in [5.74, 6) is 0. The lowest BCUT2D eigenvalue weighted by atomic mass is 10.2. The molecule has 2 rings (SSSR count). The Balaban J connectivity index is 3.04. The summed E-state index contributed by atoms with van der Waals surface area (Å²) in [5, 5.41) is 7.63. The fourth-order valence-electron chi connectivity index (χ4n) is 1.23. The first-order valence-corrected chi connectivity index (χ1v) is 3.85. The van der Waals surface area contributed by atoms with Crippen molar-refractivity contribution < 1.29 is 4.42 Å². The lowest BCUT2D eigenvalue weighted by molar-refractivity contribution is 0.436. The number of H-pyrrole nitrogens is 1. The Bertz CT molecular complexity index is 566. The predicted molar refractivity (Wildman–Crippen MR) is 47.4 cm³/mol. The molecule has 1 aromatic carbocycles. The SMILES string of the molecule is Cc1ccc2[nH]c(=N)oc(=O)c2c1. The Morgan fingerprint density at radius 1 is 1.46 bits per heavy atom. The van der Waals surface area contributed by atoms with Gasteiger partial charge in [-0.3, -0.25) is 5.41 Å². The average Bonchev–Trinajstić information content (AvgIpc) is 2.06. The van der Waals surface area contributed by atoms with Crippen molar-refractivity contribution in [2.24, 2.45) is 0 Å². The van der Waals surface area contributed by atoms with Gasteiger partial charge < -0.3 is 9.40 Å². The molecule has 0 aliphatic heterocycles. The second kappa shape index (κ2) is 2.58. The fraction of sp³-hybridized carbons (Fsp3) is 0.111. The van der Waals surface area contributed by atoms with E-state index >= 15 is 0 Å². The summed E-state index contributed by atoms with van der Waals surface area (Å²) in [6, 6.07) is 5.37. The zero-order valence-corrected chi connectivity index (χ0v) is 7.05. The largest absolute Gasteiger partial charge is 0.389 e. The molecule has 0 amide bonds. The summed E-state index contributed by atoms with van der Waals surface area (Å²) in [5.41, 5.74) is 0.932. The zero-order chi connectivity index (χ0) is 9.42. The van der Waals surface area contributed by atoms with Crippen LogP contribution < -0.4 is 11.3 Å². The van der Waals surface area contributed by atoms with Crippen LogP contribution in [0.2, 0.25) is 0 Å². The number of aromatic amines is 1. The molecule has 0 saturated heterocycles. The van der Waals surface area contributed by atoms with Gasteiger partial charge in [-0.15, -0.1) is 0 Å². The third-order valence-electron chi connectivity index (χ3n) is 1.84. The minimum Gasteiger partial charge on any atom is -0.389 e. The normalized spacial score (nSPS) is 10.5. The molecule has 0 aliphatic rings. The quantitative estimate of drug-likeness (QED) is 0.626. The van der Waals surface area contributed by atoms with Crippen LogP contribution in [0.25, 0.3) is 10.9 Å². The van der Waals surface area contributed by atoms with Crippen molar-refractivity contribution in [1.82, 2.24) is 4.98 Å². The fourth-order valence-corrected chi connectivity index (χ4v) is 1.23. The Morgan fingerprint density at radius 2 is 2.23 bits per heavy atom. The molecule has 1 heterocycles. The van der Waals surface area contributed by atoms with Gasteiger partial charge in [-0.1, -0.05) is 11.6 Å². The van der Waals surface area contributed by atoms with E-state index in [0.717, 1.165) is 5.56 Å². The minimum absolute atomic E-state index is 0.221. The highest BCUT2D eigenvalue weighted by Gasteiger charge is 1.99. The van der Waals surface area contributed by atoms with E-state index in [1.165, 1.54) is 0 Å². The summed E-state index contributed by atoms with van der Waals surface area (Å²) in [6.45, 7) is 1.90. The van der Waals surface area contributed by atoms with Gasteiger partial charge in [-0.05, 0) is 19.1 Å². The topological polar surface area (TPSA) is 69.8 Å². The number of hydrogen-bond acceptors (Lipinski definition) is 3. The number of fused-ring (bicyclic) bond motifs is 1. The summed E-state index contributed by atoms with van der Waals surface area (Å²) in [7, 11) is 0. The maximum atomic E-state index is 11.2. The van der Waals surface area contributed by atoms with E-state index in [-0.39, 0.29) is 5.68 Å². The number of aromatic nitrogens is 1. The van der Waals surface area contributed by atoms with Gasteiger partial charge in [0.05, 0.1) is 10.9 Å². The van der Waals surface area contributed by atoms with Crippen molar-refractivity contribution in [2.75, 3.05) is 0 Å². The number of aryl methyl sites for hydroxylation is 1. The Kier molecular flexibility index (Phi) is 1.55. The molecule has 0 atom stereocenters. The molecule has 0 fully saturated rings. The van der Waals surface area contributed by atoms with Crippen molar-refractivity contribution in [1.29, 1.82) is 5.41 Å². The molecule has 0 bridgehead atoms. The maximum Gasteiger partial charge on any atom is 0.348 e. The smallest absolute Gasteiger partial charge is 0.348 e. The van der Waals surface area contributed by atoms with E-state index in [9.17, 15) is 4.79 Å². The third-order valence-corrected chi connectivity index (χ3v) is 1.84. The molecule has 2 aromatic rings. The van der Waals surface area contributed by atoms with Gasteiger partial charge in [-0.2, -0.15) is 0 Å². The first-order valence-electron chi connectivity index (χ1n) is 3.85. The Hall–Kier alpha value is -1.84. The van der Waals surface area contributed by atoms with Crippen molar-refractivity contribution >= 4 is 10.9 Å². The van der Waals surface area contributed by atoms with Gasteiger partial charge in [0.25, 0.3) is 5.68 Å². The first-order chi connectivity index (χ1) is 6.16. The molecule has 1 aromatic heterocycles. The van der Waals surface area contributed by atoms with Crippen LogP contribution in [0.15, 0.2) is 27.4 Å². The van der Waals surface area contributed by atoms with E-state index < -0.39 is 5.63 Å². The molecule has 13 heavy (non-hydrogen) atoms. The molecule has 0 radical (unpaired) electrons. The van der Waals surface area contributed by atoms with Gasteiger partial charge >= 0.3 is 5.63 Å². The van der Waals surface area contributed by atoms with Crippen molar-refractivity contribution in [3.63, 3.8) is 0 Å². The summed E-state index contributed by atoms with van der Waals surface area (Å²) >= 11 is 0. The van der Waals surface area contributed by atoms with Crippen LogP contribution in [0.4, 0.5) is 0 Å². The Labute approximate surface area is 73.3 Å². The summed E-state index contributed by atoms with van der Waals surface area (Å²) in [4.78, 5) is 13.9. The van der Waals surface area contributed by atoms with Crippen LogP contribution in [0, 0.1) is 12.3 Å². The average molecular weight is 176 g/mol. The number of nitrogens with one attached hydrogen (secondary N) is 2.